The largest absolute Gasteiger partial charge is 0.346 e. The number of carbonyl (C=O) groups is 2. The quantitative estimate of drug-likeness (QED) is 0.881. The van der Waals surface area contributed by atoms with E-state index in [1.165, 1.54) is 11.3 Å². The van der Waals surface area contributed by atoms with Gasteiger partial charge in [0.25, 0.3) is 5.91 Å². The second-order valence-corrected chi connectivity index (χ2v) is 8.73. The summed E-state index contributed by atoms with van der Waals surface area (Å²) in [5, 5.41) is 7.44. The predicted molar refractivity (Wildman–Crippen MR) is 95.2 cm³/mol. The first-order valence-electron chi connectivity index (χ1n) is 7.28. The number of hydrogen-bond acceptors (Lipinski definition) is 5. The fourth-order valence-electron chi connectivity index (χ4n) is 1.80. The monoisotopic (exact) mass is 351 g/mol. The van der Waals surface area contributed by atoms with Crippen molar-refractivity contribution >= 4 is 39.5 Å². The van der Waals surface area contributed by atoms with E-state index in [0.29, 0.717) is 16.4 Å². The molecule has 2 amide bonds. The van der Waals surface area contributed by atoms with Gasteiger partial charge in [0.05, 0.1) is 21.4 Å². The molecule has 2 heterocycles. The molecule has 0 radical (unpaired) electrons. The van der Waals surface area contributed by atoms with E-state index >= 15 is 0 Å². The maximum atomic E-state index is 12.3. The Morgan fingerprint density at radius 1 is 1.22 bits per heavy atom. The Kier molecular flexibility index (Phi) is 5.21. The van der Waals surface area contributed by atoms with Gasteiger partial charge in [0.2, 0.25) is 5.91 Å². The summed E-state index contributed by atoms with van der Waals surface area (Å²) in [6, 6.07) is 1.83. The van der Waals surface area contributed by atoms with E-state index in [2.05, 4.69) is 15.6 Å². The zero-order valence-corrected chi connectivity index (χ0v) is 15.6. The second kappa shape index (κ2) is 6.80. The van der Waals surface area contributed by atoms with Crippen molar-refractivity contribution in [1.29, 1.82) is 0 Å². The number of nitrogens with one attached hydrogen (secondary N) is 2. The summed E-state index contributed by atoms with van der Waals surface area (Å²) in [5.74, 6) is -0.194. The molecule has 0 fully saturated rings. The Bertz CT molecular complexity index is 726. The molecule has 0 aliphatic rings. The van der Waals surface area contributed by atoms with E-state index in [0.717, 1.165) is 15.4 Å². The van der Waals surface area contributed by atoms with E-state index in [1.807, 2.05) is 40.7 Å². The maximum absolute atomic E-state index is 12.3. The molecule has 0 unspecified atom stereocenters. The van der Waals surface area contributed by atoms with E-state index < -0.39 is 5.41 Å². The molecule has 0 spiro atoms. The van der Waals surface area contributed by atoms with Crippen LogP contribution >= 0.6 is 22.7 Å². The average molecular weight is 351 g/mol. The van der Waals surface area contributed by atoms with Gasteiger partial charge in [-0.05, 0) is 25.5 Å². The number of thiazole rings is 1. The highest BCUT2D eigenvalue weighted by Gasteiger charge is 2.23. The van der Waals surface area contributed by atoms with E-state index in [-0.39, 0.29) is 11.8 Å². The minimum absolute atomic E-state index is 0.0640. The molecular formula is C16H21N3O2S2. The van der Waals surface area contributed by atoms with Gasteiger partial charge in [-0.15, -0.1) is 22.7 Å². The van der Waals surface area contributed by atoms with Crippen LogP contribution in [0.4, 0.5) is 5.00 Å². The number of nitrogens with zero attached hydrogens (tertiary/aromatic N) is 1. The Hall–Kier alpha value is -1.73. The van der Waals surface area contributed by atoms with Crippen molar-refractivity contribution in [3.63, 3.8) is 0 Å². The number of thiophene rings is 1. The molecule has 7 heteroatoms. The van der Waals surface area contributed by atoms with E-state index in [4.69, 9.17) is 0 Å². The fourth-order valence-corrected chi connectivity index (χ4v) is 3.52. The minimum Gasteiger partial charge on any atom is -0.346 e. The van der Waals surface area contributed by atoms with Gasteiger partial charge < -0.3 is 10.6 Å². The Labute approximate surface area is 144 Å². The number of hydrogen-bond donors (Lipinski definition) is 2. The molecular weight excluding hydrogens is 330 g/mol. The van der Waals surface area contributed by atoms with Crippen LogP contribution in [0.15, 0.2) is 12.3 Å². The van der Waals surface area contributed by atoms with Crippen molar-refractivity contribution in [3.8, 4) is 0 Å². The highest BCUT2D eigenvalue weighted by Crippen LogP contribution is 2.28. The van der Waals surface area contributed by atoms with Gasteiger partial charge in [-0.1, -0.05) is 20.8 Å². The van der Waals surface area contributed by atoms with Gasteiger partial charge in [0.1, 0.15) is 0 Å². The number of rotatable bonds is 4. The summed E-state index contributed by atoms with van der Waals surface area (Å²) >= 11 is 2.86. The number of aryl methyl sites for hydroxylation is 2. The van der Waals surface area contributed by atoms with Crippen molar-refractivity contribution in [2.75, 3.05) is 5.32 Å². The lowest BCUT2D eigenvalue weighted by Gasteiger charge is -2.16. The van der Waals surface area contributed by atoms with Crippen molar-refractivity contribution < 1.29 is 9.59 Å². The molecule has 0 saturated carbocycles. The molecule has 2 N–H and O–H groups in total. The molecule has 0 aromatic carbocycles. The normalized spacial score (nSPS) is 11.3. The third-order valence-electron chi connectivity index (χ3n) is 3.13. The Morgan fingerprint density at radius 2 is 1.91 bits per heavy atom. The number of aromatic nitrogens is 1. The van der Waals surface area contributed by atoms with E-state index in [9.17, 15) is 9.59 Å². The summed E-state index contributed by atoms with van der Waals surface area (Å²) in [6.07, 6.45) is 1.77. The van der Waals surface area contributed by atoms with Crippen LogP contribution in [0.2, 0.25) is 0 Å². The van der Waals surface area contributed by atoms with E-state index in [1.54, 1.807) is 17.5 Å². The molecule has 2 aromatic rings. The van der Waals surface area contributed by atoms with Gasteiger partial charge in [-0.25, -0.2) is 4.98 Å². The first kappa shape index (κ1) is 17.6. The topological polar surface area (TPSA) is 71.1 Å². The van der Waals surface area contributed by atoms with Crippen LogP contribution in [0.25, 0.3) is 0 Å². The van der Waals surface area contributed by atoms with Crippen molar-refractivity contribution in [2.45, 2.75) is 41.2 Å². The van der Waals surface area contributed by atoms with Gasteiger partial charge in [0.15, 0.2) is 0 Å². The lowest BCUT2D eigenvalue weighted by atomic mass is 9.96. The molecule has 2 aromatic heterocycles. The van der Waals surface area contributed by atoms with Crippen LogP contribution in [-0.4, -0.2) is 16.8 Å². The Morgan fingerprint density at radius 3 is 2.48 bits per heavy atom. The molecule has 2 rings (SSSR count). The minimum atomic E-state index is -0.468. The fraction of sp³-hybridized carbons (Fsp3) is 0.438. The van der Waals surface area contributed by atoms with Crippen LogP contribution < -0.4 is 10.6 Å². The summed E-state index contributed by atoms with van der Waals surface area (Å²) in [5.41, 5.74) is 0.391. The molecule has 0 saturated heterocycles. The molecule has 23 heavy (non-hydrogen) atoms. The number of carbonyl (C=O) groups excluding carboxylic acids is 2. The summed E-state index contributed by atoms with van der Waals surface area (Å²) in [7, 11) is 0. The molecule has 0 aliphatic carbocycles. The molecule has 0 aliphatic heterocycles. The molecule has 0 atom stereocenters. The summed E-state index contributed by atoms with van der Waals surface area (Å²) < 4.78 is 0. The first-order valence-corrected chi connectivity index (χ1v) is 8.91. The van der Waals surface area contributed by atoms with Crippen LogP contribution in [0.1, 0.15) is 45.9 Å². The lowest BCUT2D eigenvalue weighted by Crippen LogP contribution is -2.27. The lowest BCUT2D eigenvalue weighted by molar-refractivity contribution is -0.123. The van der Waals surface area contributed by atoms with Crippen molar-refractivity contribution in [2.24, 2.45) is 5.41 Å². The number of amides is 2. The Balaban J connectivity index is 2.02. The van der Waals surface area contributed by atoms with Gasteiger partial charge in [-0.3, -0.25) is 9.59 Å². The van der Waals surface area contributed by atoms with Gasteiger partial charge in [0, 0.05) is 16.5 Å². The summed E-state index contributed by atoms with van der Waals surface area (Å²) in [4.78, 5) is 30.1. The molecule has 124 valence electrons. The molecule has 5 nitrogen and oxygen atoms in total. The SMILES string of the molecule is Cc1ncc(CNC(=O)c2sc(NC(=O)C(C)(C)C)cc2C)s1. The van der Waals surface area contributed by atoms with Gasteiger partial charge in [-0.2, -0.15) is 0 Å². The van der Waals surface area contributed by atoms with Gasteiger partial charge >= 0.3 is 0 Å². The van der Waals surface area contributed by atoms with Crippen LogP contribution in [0.3, 0.4) is 0 Å². The highest BCUT2D eigenvalue weighted by atomic mass is 32.1. The maximum Gasteiger partial charge on any atom is 0.261 e. The van der Waals surface area contributed by atoms with Crippen LogP contribution in [0, 0.1) is 19.3 Å². The summed E-state index contributed by atoms with van der Waals surface area (Å²) in [6.45, 7) is 9.83. The van der Waals surface area contributed by atoms with Crippen molar-refractivity contribution in [3.05, 3.63) is 32.6 Å². The second-order valence-electron chi connectivity index (χ2n) is 6.36. The first-order chi connectivity index (χ1) is 10.7. The molecule has 0 bridgehead atoms. The highest BCUT2D eigenvalue weighted by molar-refractivity contribution is 7.18. The standard InChI is InChI=1S/C16H21N3O2S2/c1-9-6-12(19-15(21)16(3,4)5)23-13(9)14(20)18-8-11-7-17-10(2)22-11/h6-7H,8H2,1-5H3,(H,18,20)(H,19,21). The van der Waals surface area contributed by atoms with Crippen LogP contribution in [0.5, 0.6) is 0 Å². The third-order valence-corrected chi connectivity index (χ3v) is 5.20. The van der Waals surface area contributed by atoms with Crippen LogP contribution in [-0.2, 0) is 11.3 Å². The third kappa shape index (κ3) is 4.62. The zero-order valence-electron chi connectivity index (χ0n) is 13.9. The average Bonchev–Trinajstić information content (AvgIpc) is 3.01. The predicted octanol–water partition coefficient (Wildman–Crippen LogP) is 3.74. The smallest absolute Gasteiger partial charge is 0.261 e. The number of anilines is 1. The van der Waals surface area contributed by atoms with Crippen molar-refractivity contribution in [1.82, 2.24) is 10.3 Å². The zero-order chi connectivity index (χ0) is 17.2.